The first-order valence-electron chi connectivity index (χ1n) is 9.43. The standard InChI is InChI=1S/C17H29N6O6P/c1-6-17(7-2,9(24)8-30(26,27)28)23-12-10(11(18)21-15(19)22-12)20-13(23)14(25)29-16(3,4)5/h9,24H,6-8H2,1-5H3,(H2,26,27,28)(H4,18,19,21,22)/t9-/m1/s1. The van der Waals surface area contributed by atoms with Crippen molar-refractivity contribution in [1.29, 1.82) is 0 Å². The van der Waals surface area contributed by atoms with Gasteiger partial charge in [-0.3, -0.25) is 9.13 Å². The van der Waals surface area contributed by atoms with E-state index in [0.717, 1.165) is 0 Å². The van der Waals surface area contributed by atoms with Gasteiger partial charge in [0.25, 0.3) is 0 Å². The molecule has 0 aliphatic carbocycles. The highest BCUT2D eigenvalue weighted by Gasteiger charge is 2.44. The summed E-state index contributed by atoms with van der Waals surface area (Å²) in [6.45, 7) is 8.47. The van der Waals surface area contributed by atoms with Crippen LogP contribution in [-0.2, 0) is 14.8 Å². The number of aromatic nitrogens is 4. The van der Waals surface area contributed by atoms with E-state index in [0.29, 0.717) is 0 Å². The molecule has 0 aliphatic heterocycles. The Morgan fingerprint density at radius 1 is 1.17 bits per heavy atom. The monoisotopic (exact) mass is 444 g/mol. The molecule has 2 heterocycles. The van der Waals surface area contributed by atoms with Gasteiger partial charge in [-0.2, -0.15) is 9.97 Å². The number of rotatable bonds is 7. The molecule has 2 rings (SSSR count). The number of ether oxygens (including phenoxy) is 1. The zero-order valence-electron chi connectivity index (χ0n) is 17.7. The van der Waals surface area contributed by atoms with Crippen molar-refractivity contribution < 1.29 is 29.0 Å². The minimum atomic E-state index is -4.58. The van der Waals surface area contributed by atoms with Crippen molar-refractivity contribution in [3.05, 3.63) is 5.82 Å². The summed E-state index contributed by atoms with van der Waals surface area (Å²) in [5, 5.41) is 10.9. The molecule has 30 heavy (non-hydrogen) atoms. The van der Waals surface area contributed by atoms with Gasteiger partial charge in [-0.05, 0) is 33.6 Å². The molecule has 2 aromatic heterocycles. The molecule has 0 spiro atoms. The summed E-state index contributed by atoms with van der Waals surface area (Å²) < 4.78 is 18.4. The average Bonchev–Trinajstić information content (AvgIpc) is 2.94. The van der Waals surface area contributed by atoms with Crippen molar-refractivity contribution in [1.82, 2.24) is 19.5 Å². The lowest BCUT2D eigenvalue weighted by atomic mass is 9.86. The van der Waals surface area contributed by atoms with E-state index in [-0.39, 0.29) is 41.6 Å². The fourth-order valence-corrected chi connectivity index (χ4v) is 4.25. The second-order valence-corrected chi connectivity index (χ2v) is 9.78. The maximum Gasteiger partial charge on any atom is 0.375 e. The summed E-state index contributed by atoms with van der Waals surface area (Å²) in [6.07, 6.45) is -1.98. The van der Waals surface area contributed by atoms with Crippen molar-refractivity contribution in [2.45, 2.75) is 64.7 Å². The van der Waals surface area contributed by atoms with Gasteiger partial charge in [-0.15, -0.1) is 0 Å². The van der Waals surface area contributed by atoms with Crippen LogP contribution < -0.4 is 11.5 Å². The fourth-order valence-electron chi connectivity index (χ4n) is 3.46. The number of nitrogen functional groups attached to an aromatic ring is 2. The normalized spacial score (nSPS) is 14.1. The number of aliphatic hydroxyl groups is 1. The highest BCUT2D eigenvalue weighted by atomic mass is 31.2. The molecule has 0 saturated carbocycles. The van der Waals surface area contributed by atoms with E-state index >= 15 is 0 Å². The summed E-state index contributed by atoms with van der Waals surface area (Å²) in [5.41, 5.74) is 9.60. The Morgan fingerprint density at radius 2 is 1.73 bits per heavy atom. The van der Waals surface area contributed by atoms with E-state index in [1.165, 1.54) is 4.57 Å². The number of hydrogen-bond donors (Lipinski definition) is 5. The van der Waals surface area contributed by atoms with Crippen LogP contribution in [-0.4, -0.2) is 58.2 Å². The molecule has 2 aromatic rings. The molecular formula is C17H29N6O6P. The van der Waals surface area contributed by atoms with Gasteiger partial charge in [-0.1, -0.05) is 13.8 Å². The molecule has 1 atom stereocenters. The lowest BCUT2D eigenvalue weighted by molar-refractivity contribution is 0.000872. The van der Waals surface area contributed by atoms with Gasteiger partial charge >= 0.3 is 13.6 Å². The Labute approximate surface area is 173 Å². The number of carbonyl (C=O) groups excluding carboxylic acids is 1. The molecule has 0 radical (unpaired) electrons. The molecule has 168 valence electrons. The molecule has 0 amide bonds. The van der Waals surface area contributed by atoms with E-state index in [2.05, 4.69) is 15.0 Å². The molecule has 0 saturated heterocycles. The second kappa shape index (κ2) is 8.10. The number of esters is 1. The second-order valence-electron chi connectivity index (χ2n) is 8.09. The third-order valence-corrected chi connectivity index (χ3v) is 5.66. The predicted molar refractivity (Wildman–Crippen MR) is 111 cm³/mol. The van der Waals surface area contributed by atoms with Crippen molar-refractivity contribution in [3.63, 3.8) is 0 Å². The number of nitrogens with zero attached hydrogens (tertiary/aromatic N) is 4. The van der Waals surface area contributed by atoms with Crippen molar-refractivity contribution in [3.8, 4) is 0 Å². The maximum atomic E-state index is 13.0. The van der Waals surface area contributed by atoms with Gasteiger partial charge in [0, 0.05) is 0 Å². The Kier molecular flexibility index (Phi) is 6.48. The Hall–Kier alpha value is -2.27. The first kappa shape index (κ1) is 24.0. The molecule has 0 fully saturated rings. The lowest BCUT2D eigenvalue weighted by Gasteiger charge is -2.39. The molecule has 0 aliphatic rings. The van der Waals surface area contributed by atoms with E-state index in [9.17, 15) is 24.3 Å². The minimum Gasteiger partial charge on any atom is -0.454 e. The number of imidazole rings is 1. The average molecular weight is 444 g/mol. The summed E-state index contributed by atoms with van der Waals surface area (Å²) in [5.74, 6) is -1.29. The van der Waals surface area contributed by atoms with Crippen LogP contribution in [0.15, 0.2) is 0 Å². The van der Waals surface area contributed by atoms with E-state index < -0.39 is 37.0 Å². The summed E-state index contributed by atoms with van der Waals surface area (Å²) in [4.78, 5) is 44.1. The smallest absolute Gasteiger partial charge is 0.375 e. The fraction of sp³-hybridized carbons (Fsp3) is 0.647. The van der Waals surface area contributed by atoms with Gasteiger partial charge in [0.2, 0.25) is 11.8 Å². The number of anilines is 2. The topological polar surface area (TPSA) is 200 Å². The highest BCUT2D eigenvalue weighted by Crippen LogP contribution is 2.43. The van der Waals surface area contributed by atoms with E-state index in [1.54, 1.807) is 34.6 Å². The van der Waals surface area contributed by atoms with Crippen LogP contribution in [0.1, 0.15) is 58.1 Å². The molecule has 0 unspecified atom stereocenters. The molecule has 0 bridgehead atoms. The van der Waals surface area contributed by atoms with Crippen LogP contribution in [0.3, 0.4) is 0 Å². The van der Waals surface area contributed by atoms with Crippen LogP contribution in [0.2, 0.25) is 0 Å². The van der Waals surface area contributed by atoms with Crippen molar-refractivity contribution >= 4 is 36.5 Å². The summed E-state index contributed by atoms with van der Waals surface area (Å²) in [7, 11) is -4.58. The first-order valence-corrected chi connectivity index (χ1v) is 11.2. The number of fused-ring (bicyclic) bond motifs is 1. The van der Waals surface area contributed by atoms with E-state index in [4.69, 9.17) is 16.2 Å². The first-order chi connectivity index (χ1) is 13.6. The Bertz CT molecular complexity index is 991. The Balaban J connectivity index is 2.88. The third-order valence-electron chi connectivity index (χ3n) is 4.83. The molecule has 13 heteroatoms. The van der Waals surface area contributed by atoms with Crippen LogP contribution in [0.4, 0.5) is 11.8 Å². The Morgan fingerprint density at radius 3 is 2.20 bits per heavy atom. The van der Waals surface area contributed by atoms with Gasteiger partial charge in [0.05, 0.1) is 17.8 Å². The molecule has 0 aromatic carbocycles. The molecule has 12 nitrogen and oxygen atoms in total. The zero-order valence-corrected chi connectivity index (χ0v) is 18.6. The number of hydrogen-bond acceptors (Lipinski definition) is 9. The number of aliphatic hydroxyl groups excluding tert-OH is 1. The number of carbonyl (C=O) groups is 1. The maximum absolute atomic E-state index is 13.0. The summed E-state index contributed by atoms with van der Waals surface area (Å²) in [6, 6.07) is 0. The molecule has 7 N–H and O–H groups in total. The largest absolute Gasteiger partial charge is 0.454 e. The van der Waals surface area contributed by atoms with Crippen LogP contribution in [0, 0.1) is 0 Å². The quantitative estimate of drug-likeness (QED) is 0.301. The summed E-state index contributed by atoms with van der Waals surface area (Å²) >= 11 is 0. The van der Waals surface area contributed by atoms with Crippen molar-refractivity contribution in [2.24, 2.45) is 0 Å². The third kappa shape index (κ3) is 4.72. The van der Waals surface area contributed by atoms with Gasteiger partial charge < -0.3 is 31.1 Å². The van der Waals surface area contributed by atoms with Gasteiger partial charge in [-0.25, -0.2) is 9.78 Å². The van der Waals surface area contributed by atoms with Crippen LogP contribution in [0.25, 0.3) is 11.2 Å². The van der Waals surface area contributed by atoms with E-state index in [1.807, 2.05) is 0 Å². The SMILES string of the molecule is CCC(CC)([C@H](O)CP(=O)(O)O)n1c(C(=O)OC(C)(C)C)nc2c(N)nc(N)nc21. The van der Waals surface area contributed by atoms with Gasteiger partial charge in [0.1, 0.15) is 5.60 Å². The minimum absolute atomic E-state index is 0.0642. The lowest BCUT2D eigenvalue weighted by Crippen LogP contribution is -2.47. The zero-order chi connectivity index (χ0) is 23.1. The molecular weight excluding hydrogens is 415 g/mol. The van der Waals surface area contributed by atoms with Crippen LogP contribution >= 0.6 is 7.60 Å². The van der Waals surface area contributed by atoms with Crippen LogP contribution in [0.5, 0.6) is 0 Å². The van der Waals surface area contributed by atoms with Gasteiger partial charge in [0.15, 0.2) is 17.0 Å². The predicted octanol–water partition coefficient (Wildman–Crippen LogP) is 1.000. The van der Waals surface area contributed by atoms with Crippen molar-refractivity contribution in [2.75, 3.05) is 17.6 Å². The highest BCUT2D eigenvalue weighted by molar-refractivity contribution is 7.51. The number of nitrogens with two attached hydrogens (primary N) is 2.